The zero-order valence-corrected chi connectivity index (χ0v) is 14.3. The Bertz CT molecular complexity index is 571. The Morgan fingerprint density at radius 3 is 2.14 bits per heavy atom. The van der Waals surface area contributed by atoms with E-state index in [-0.39, 0.29) is 6.42 Å². The van der Waals surface area contributed by atoms with Crippen LogP contribution in [0.4, 0.5) is 0 Å². The summed E-state index contributed by atoms with van der Waals surface area (Å²) in [5, 5.41) is -0.720. The molecule has 0 heterocycles. The molecule has 1 aromatic rings. The third-order valence-corrected chi connectivity index (χ3v) is 6.20. The molecule has 0 N–H and O–H groups in total. The summed E-state index contributed by atoms with van der Waals surface area (Å²) < 4.78 is 26.8. The standard InChI is InChI=1S/C16H25NO3S/c1-13-6-8-14(9-7-13)12-15(10-11-18)21(19,20)17(5)16(2,3)4/h6-9,11,15H,10,12H2,1-5H3. The van der Waals surface area contributed by atoms with E-state index < -0.39 is 20.8 Å². The van der Waals surface area contributed by atoms with Gasteiger partial charge in [0.05, 0.1) is 5.25 Å². The highest BCUT2D eigenvalue weighted by Gasteiger charge is 2.35. The maximum Gasteiger partial charge on any atom is 0.217 e. The van der Waals surface area contributed by atoms with Gasteiger partial charge in [-0.2, -0.15) is 4.31 Å². The van der Waals surface area contributed by atoms with Crippen LogP contribution in [-0.2, 0) is 21.2 Å². The number of carbonyl (C=O) groups is 1. The second kappa shape index (κ2) is 6.71. The number of sulfonamides is 1. The minimum atomic E-state index is -3.53. The number of hydrogen-bond acceptors (Lipinski definition) is 3. The number of aryl methyl sites for hydroxylation is 1. The minimum Gasteiger partial charge on any atom is -0.303 e. The molecule has 21 heavy (non-hydrogen) atoms. The van der Waals surface area contributed by atoms with E-state index >= 15 is 0 Å². The second-order valence-electron chi connectivity index (χ2n) is 6.40. The summed E-state index contributed by atoms with van der Waals surface area (Å²) in [5.74, 6) is 0. The van der Waals surface area contributed by atoms with Crippen molar-refractivity contribution < 1.29 is 13.2 Å². The summed E-state index contributed by atoms with van der Waals surface area (Å²) in [5.41, 5.74) is 1.55. The van der Waals surface area contributed by atoms with Crippen LogP contribution in [-0.4, -0.2) is 36.8 Å². The van der Waals surface area contributed by atoms with Crippen LogP contribution in [0.3, 0.4) is 0 Å². The Morgan fingerprint density at radius 2 is 1.71 bits per heavy atom. The van der Waals surface area contributed by atoms with Crippen molar-refractivity contribution in [1.29, 1.82) is 0 Å². The minimum absolute atomic E-state index is 0.0105. The molecule has 1 aromatic carbocycles. The van der Waals surface area contributed by atoms with Gasteiger partial charge in [0, 0.05) is 19.0 Å². The van der Waals surface area contributed by atoms with E-state index in [2.05, 4.69) is 0 Å². The molecule has 0 aliphatic rings. The lowest BCUT2D eigenvalue weighted by Gasteiger charge is -2.33. The molecule has 118 valence electrons. The summed E-state index contributed by atoms with van der Waals surface area (Å²) in [6, 6.07) is 7.74. The normalized spacial score (nSPS) is 14.2. The van der Waals surface area contributed by atoms with Crippen molar-refractivity contribution in [3.05, 3.63) is 35.4 Å². The third kappa shape index (κ3) is 4.64. The fourth-order valence-electron chi connectivity index (χ4n) is 2.01. The third-order valence-electron chi connectivity index (χ3n) is 3.69. The van der Waals surface area contributed by atoms with E-state index in [9.17, 15) is 13.2 Å². The predicted octanol–water partition coefficient (Wildman–Crippen LogP) is 2.56. The first-order chi connectivity index (χ1) is 9.59. The van der Waals surface area contributed by atoms with Gasteiger partial charge in [0.1, 0.15) is 6.29 Å². The molecule has 1 atom stereocenters. The number of hydrogen-bond donors (Lipinski definition) is 0. The predicted molar refractivity (Wildman–Crippen MR) is 85.8 cm³/mol. The monoisotopic (exact) mass is 311 g/mol. The highest BCUT2D eigenvalue weighted by molar-refractivity contribution is 7.89. The molecule has 0 saturated carbocycles. The maximum atomic E-state index is 12.7. The van der Waals surface area contributed by atoms with Gasteiger partial charge in [-0.15, -0.1) is 0 Å². The molecule has 0 bridgehead atoms. The van der Waals surface area contributed by atoms with Crippen molar-refractivity contribution >= 4 is 16.3 Å². The van der Waals surface area contributed by atoms with E-state index in [1.807, 2.05) is 52.0 Å². The highest BCUT2D eigenvalue weighted by Crippen LogP contribution is 2.23. The Morgan fingerprint density at radius 1 is 1.19 bits per heavy atom. The highest BCUT2D eigenvalue weighted by atomic mass is 32.2. The van der Waals surface area contributed by atoms with E-state index in [0.29, 0.717) is 12.7 Å². The SMILES string of the molecule is Cc1ccc(CC(CC=O)S(=O)(=O)N(C)C(C)(C)C)cc1. The van der Waals surface area contributed by atoms with Gasteiger partial charge in [-0.1, -0.05) is 29.8 Å². The smallest absolute Gasteiger partial charge is 0.217 e. The molecule has 5 heteroatoms. The molecule has 1 unspecified atom stereocenters. The lowest BCUT2D eigenvalue weighted by Crippen LogP contribution is -2.47. The van der Waals surface area contributed by atoms with E-state index in [1.165, 1.54) is 4.31 Å². The summed E-state index contributed by atoms with van der Waals surface area (Å²) in [6.07, 6.45) is 1.05. The van der Waals surface area contributed by atoms with Gasteiger partial charge >= 0.3 is 0 Å². The van der Waals surface area contributed by atoms with E-state index in [4.69, 9.17) is 0 Å². The zero-order valence-electron chi connectivity index (χ0n) is 13.5. The zero-order chi connectivity index (χ0) is 16.3. The molecule has 0 fully saturated rings. The number of carbonyl (C=O) groups excluding carboxylic acids is 1. The fourth-order valence-corrected chi connectivity index (χ4v) is 3.95. The van der Waals surface area contributed by atoms with Gasteiger partial charge in [-0.25, -0.2) is 8.42 Å². The Kier molecular flexibility index (Phi) is 5.70. The van der Waals surface area contributed by atoms with Gasteiger partial charge in [-0.05, 0) is 39.7 Å². The number of benzene rings is 1. The quantitative estimate of drug-likeness (QED) is 0.759. The molecule has 0 radical (unpaired) electrons. The molecule has 0 amide bonds. The van der Waals surface area contributed by atoms with Gasteiger partial charge in [0.2, 0.25) is 10.0 Å². The van der Waals surface area contributed by atoms with Crippen LogP contribution in [0, 0.1) is 6.92 Å². The lowest BCUT2D eigenvalue weighted by atomic mass is 10.1. The fraction of sp³-hybridized carbons (Fsp3) is 0.562. The van der Waals surface area contributed by atoms with Crippen molar-refractivity contribution in [2.45, 2.75) is 51.3 Å². The van der Waals surface area contributed by atoms with Gasteiger partial charge < -0.3 is 4.79 Å². The summed E-state index contributed by atoms with van der Waals surface area (Å²) >= 11 is 0. The van der Waals surface area contributed by atoms with Gasteiger partial charge in [-0.3, -0.25) is 0 Å². The molecule has 0 aromatic heterocycles. The summed E-state index contributed by atoms with van der Waals surface area (Å²) in [4.78, 5) is 10.9. The maximum absolute atomic E-state index is 12.7. The Hall–Kier alpha value is -1.20. The van der Waals surface area contributed by atoms with Gasteiger partial charge in [0.25, 0.3) is 0 Å². The number of rotatable bonds is 6. The summed E-state index contributed by atoms with van der Waals surface area (Å²) in [6.45, 7) is 7.51. The average Bonchev–Trinajstić information content (AvgIpc) is 2.38. The first-order valence-corrected chi connectivity index (χ1v) is 8.56. The molecule has 4 nitrogen and oxygen atoms in total. The molecule has 0 aliphatic heterocycles. The van der Waals surface area contributed by atoms with Crippen molar-refractivity contribution in [1.82, 2.24) is 4.31 Å². The summed E-state index contributed by atoms with van der Waals surface area (Å²) in [7, 11) is -1.96. The van der Waals surface area contributed by atoms with Crippen molar-refractivity contribution in [3.63, 3.8) is 0 Å². The topological polar surface area (TPSA) is 54.5 Å². The molecule has 0 saturated heterocycles. The molecular weight excluding hydrogens is 286 g/mol. The lowest BCUT2D eigenvalue weighted by molar-refractivity contribution is -0.107. The molecule has 0 spiro atoms. The van der Waals surface area contributed by atoms with Crippen LogP contribution in [0.25, 0.3) is 0 Å². The van der Waals surface area contributed by atoms with Crippen LogP contribution in [0.15, 0.2) is 24.3 Å². The first kappa shape index (κ1) is 17.9. The van der Waals surface area contributed by atoms with E-state index in [0.717, 1.165) is 11.1 Å². The van der Waals surface area contributed by atoms with Crippen LogP contribution < -0.4 is 0 Å². The number of aldehydes is 1. The van der Waals surface area contributed by atoms with Gasteiger partial charge in [0.15, 0.2) is 0 Å². The van der Waals surface area contributed by atoms with Crippen LogP contribution in [0.2, 0.25) is 0 Å². The largest absolute Gasteiger partial charge is 0.303 e. The van der Waals surface area contributed by atoms with E-state index in [1.54, 1.807) is 7.05 Å². The Balaban J connectivity index is 3.05. The number of nitrogens with zero attached hydrogens (tertiary/aromatic N) is 1. The van der Waals surface area contributed by atoms with Crippen molar-refractivity contribution in [2.75, 3.05) is 7.05 Å². The molecule has 1 rings (SSSR count). The first-order valence-electron chi connectivity index (χ1n) is 7.06. The van der Waals surface area contributed by atoms with Crippen LogP contribution in [0.5, 0.6) is 0 Å². The molecule has 0 aliphatic carbocycles. The second-order valence-corrected chi connectivity index (χ2v) is 8.64. The van der Waals surface area contributed by atoms with Crippen molar-refractivity contribution in [3.8, 4) is 0 Å². The van der Waals surface area contributed by atoms with Crippen LogP contribution >= 0.6 is 0 Å². The average molecular weight is 311 g/mol. The Labute approximate surface area is 128 Å². The van der Waals surface area contributed by atoms with Crippen LogP contribution in [0.1, 0.15) is 38.3 Å². The van der Waals surface area contributed by atoms with Crippen molar-refractivity contribution in [2.24, 2.45) is 0 Å². The molecular formula is C16H25NO3S.